The molecule has 0 aromatic heterocycles. The average molecular weight is 489 g/mol. The molecule has 184 valence electrons. The van der Waals surface area contributed by atoms with Gasteiger partial charge < -0.3 is 15.2 Å². The van der Waals surface area contributed by atoms with E-state index in [9.17, 15) is 27.2 Å². The zero-order valence-corrected chi connectivity index (χ0v) is 18.9. The van der Waals surface area contributed by atoms with E-state index in [0.717, 1.165) is 17.2 Å². The smallest absolute Gasteiger partial charge is 0.416 e. The first-order valence-electron chi connectivity index (χ1n) is 10.7. The van der Waals surface area contributed by atoms with Crippen molar-refractivity contribution < 1.29 is 37.0 Å². The van der Waals surface area contributed by atoms with Crippen molar-refractivity contribution in [3.8, 4) is 11.5 Å². The third kappa shape index (κ3) is 6.81. The number of benzene rings is 3. The average Bonchev–Trinajstić information content (AvgIpc) is 2.77. The summed E-state index contributed by atoms with van der Waals surface area (Å²) in [6, 6.07) is 13.3. The van der Waals surface area contributed by atoms with E-state index in [4.69, 9.17) is 9.84 Å². The van der Waals surface area contributed by atoms with Crippen molar-refractivity contribution in [1.29, 1.82) is 0 Å². The predicted molar refractivity (Wildman–Crippen MR) is 121 cm³/mol. The van der Waals surface area contributed by atoms with Crippen molar-refractivity contribution >= 4 is 11.9 Å². The number of hydrogen-bond donors (Lipinski definition) is 2. The van der Waals surface area contributed by atoms with Gasteiger partial charge in [0.15, 0.2) is 0 Å². The van der Waals surface area contributed by atoms with Gasteiger partial charge in [-0.1, -0.05) is 18.2 Å². The van der Waals surface area contributed by atoms with Crippen LogP contribution < -0.4 is 10.1 Å². The molecule has 0 aliphatic rings. The van der Waals surface area contributed by atoms with Crippen LogP contribution in [0, 0.1) is 12.7 Å². The molecule has 3 rings (SSSR count). The van der Waals surface area contributed by atoms with Crippen LogP contribution in [0.3, 0.4) is 0 Å². The molecule has 0 saturated carbocycles. The van der Waals surface area contributed by atoms with Crippen LogP contribution in [-0.4, -0.2) is 17.0 Å². The molecule has 0 aliphatic carbocycles. The summed E-state index contributed by atoms with van der Waals surface area (Å²) >= 11 is 0. The Bertz CT molecular complexity index is 1240. The summed E-state index contributed by atoms with van der Waals surface area (Å²) in [5, 5.41) is 11.4. The summed E-state index contributed by atoms with van der Waals surface area (Å²) in [6.45, 7) is 3.51. The summed E-state index contributed by atoms with van der Waals surface area (Å²) in [6.07, 6.45) is -4.27. The van der Waals surface area contributed by atoms with Gasteiger partial charge in [-0.2, -0.15) is 13.2 Å². The third-order valence-electron chi connectivity index (χ3n) is 5.40. The van der Waals surface area contributed by atoms with Gasteiger partial charge in [-0.3, -0.25) is 9.59 Å². The number of hydrogen-bond acceptors (Lipinski definition) is 3. The second-order valence-electron chi connectivity index (χ2n) is 8.04. The lowest BCUT2D eigenvalue weighted by molar-refractivity contribution is -0.138. The molecule has 35 heavy (non-hydrogen) atoms. The van der Waals surface area contributed by atoms with Crippen LogP contribution in [0.1, 0.15) is 52.0 Å². The van der Waals surface area contributed by atoms with Crippen molar-refractivity contribution in [3.63, 3.8) is 0 Å². The van der Waals surface area contributed by atoms with Crippen LogP contribution >= 0.6 is 0 Å². The van der Waals surface area contributed by atoms with Gasteiger partial charge in [0.25, 0.3) is 5.91 Å². The van der Waals surface area contributed by atoms with Crippen molar-refractivity contribution in [2.75, 3.05) is 0 Å². The lowest BCUT2D eigenvalue weighted by Crippen LogP contribution is -2.27. The van der Waals surface area contributed by atoms with Crippen molar-refractivity contribution in [2.24, 2.45) is 0 Å². The highest BCUT2D eigenvalue weighted by Gasteiger charge is 2.31. The summed E-state index contributed by atoms with van der Waals surface area (Å²) in [5.41, 5.74) is 0.766. The van der Waals surface area contributed by atoms with Crippen LogP contribution in [0.2, 0.25) is 0 Å². The van der Waals surface area contributed by atoms with Gasteiger partial charge in [-0.25, -0.2) is 4.39 Å². The van der Waals surface area contributed by atoms with E-state index < -0.39 is 41.0 Å². The quantitative estimate of drug-likeness (QED) is 0.357. The first-order chi connectivity index (χ1) is 16.4. The maximum absolute atomic E-state index is 14.1. The Hall–Kier alpha value is -3.88. The Labute approximate surface area is 199 Å². The number of carboxylic acids is 1. The maximum atomic E-state index is 14.1. The molecule has 3 aromatic rings. The number of aliphatic carboxylic acids is 1. The van der Waals surface area contributed by atoms with E-state index in [2.05, 4.69) is 5.32 Å². The number of aryl methyl sites for hydroxylation is 2. The molecular weight excluding hydrogens is 466 g/mol. The van der Waals surface area contributed by atoms with Crippen LogP contribution in [0.25, 0.3) is 0 Å². The molecule has 5 nitrogen and oxygen atoms in total. The zero-order chi connectivity index (χ0) is 25.8. The number of nitrogens with one attached hydrogen (secondary N) is 1. The second-order valence-corrected chi connectivity index (χ2v) is 8.04. The van der Waals surface area contributed by atoms with E-state index in [0.29, 0.717) is 35.6 Å². The van der Waals surface area contributed by atoms with Gasteiger partial charge >= 0.3 is 12.1 Å². The Morgan fingerprint density at radius 2 is 1.74 bits per heavy atom. The summed E-state index contributed by atoms with van der Waals surface area (Å²) in [4.78, 5) is 23.2. The van der Waals surface area contributed by atoms with Gasteiger partial charge in [0, 0.05) is 6.42 Å². The molecular formula is C26H23F4NO4. The number of amides is 1. The van der Waals surface area contributed by atoms with Gasteiger partial charge in [-0.05, 0) is 79.4 Å². The van der Waals surface area contributed by atoms with E-state index in [1.807, 2.05) is 6.92 Å². The van der Waals surface area contributed by atoms with Crippen LogP contribution in [-0.2, 0) is 17.4 Å². The highest BCUT2D eigenvalue weighted by Crippen LogP contribution is 2.31. The molecule has 0 heterocycles. The molecule has 0 saturated heterocycles. The zero-order valence-electron chi connectivity index (χ0n) is 18.9. The Morgan fingerprint density at radius 1 is 1.03 bits per heavy atom. The number of alkyl halides is 3. The summed E-state index contributed by atoms with van der Waals surface area (Å²) in [7, 11) is 0. The lowest BCUT2D eigenvalue weighted by atomic mass is 10.0. The Morgan fingerprint density at radius 3 is 2.37 bits per heavy atom. The standard InChI is InChI=1S/C26H23F4NO4/c1-15-12-21(9-6-17(15)7-11-24(32)33)35-20-5-3-4-18(13-20)16(2)31-25(34)22-10-8-19(14-23(22)27)26(28,29)30/h3-6,8-10,12-14,16H,7,11H2,1-2H3,(H,31,34)(H,32,33). The van der Waals surface area contributed by atoms with Gasteiger partial charge in [0.1, 0.15) is 17.3 Å². The molecule has 3 aromatic carbocycles. The summed E-state index contributed by atoms with van der Waals surface area (Å²) < 4.78 is 58.2. The van der Waals surface area contributed by atoms with Crippen LogP contribution in [0.15, 0.2) is 60.7 Å². The van der Waals surface area contributed by atoms with E-state index in [1.54, 1.807) is 49.4 Å². The third-order valence-corrected chi connectivity index (χ3v) is 5.40. The normalized spacial score (nSPS) is 12.2. The van der Waals surface area contributed by atoms with Crippen LogP contribution in [0.4, 0.5) is 17.6 Å². The first-order valence-corrected chi connectivity index (χ1v) is 10.7. The minimum absolute atomic E-state index is 0.0308. The molecule has 0 spiro atoms. The monoisotopic (exact) mass is 489 g/mol. The summed E-state index contributed by atoms with van der Waals surface area (Å²) in [5.74, 6) is -1.96. The highest BCUT2D eigenvalue weighted by atomic mass is 19.4. The first kappa shape index (κ1) is 25.7. The fourth-order valence-electron chi connectivity index (χ4n) is 3.47. The second kappa shape index (κ2) is 10.6. The number of halogens is 4. The molecule has 1 atom stereocenters. The molecule has 9 heteroatoms. The van der Waals surface area contributed by atoms with E-state index >= 15 is 0 Å². The minimum Gasteiger partial charge on any atom is -0.481 e. The SMILES string of the molecule is Cc1cc(Oc2cccc(C(C)NC(=O)c3ccc(C(F)(F)F)cc3F)c2)ccc1CCC(=O)O. The maximum Gasteiger partial charge on any atom is 0.416 e. The number of carbonyl (C=O) groups excluding carboxylic acids is 1. The lowest BCUT2D eigenvalue weighted by Gasteiger charge is -2.17. The number of rotatable bonds is 8. The van der Waals surface area contributed by atoms with Crippen molar-refractivity contribution in [1.82, 2.24) is 5.32 Å². The van der Waals surface area contributed by atoms with Crippen molar-refractivity contribution in [2.45, 2.75) is 38.9 Å². The number of ether oxygens (including phenoxy) is 1. The van der Waals surface area contributed by atoms with E-state index in [1.165, 1.54) is 0 Å². The molecule has 0 fully saturated rings. The molecule has 0 radical (unpaired) electrons. The van der Waals surface area contributed by atoms with E-state index in [-0.39, 0.29) is 6.42 Å². The van der Waals surface area contributed by atoms with Gasteiger partial charge in [0.2, 0.25) is 0 Å². The topological polar surface area (TPSA) is 75.6 Å². The minimum atomic E-state index is -4.71. The predicted octanol–water partition coefficient (Wildman–Crippen LogP) is 6.45. The molecule has 2 N–H and O–H groups in total. The fraction of sp³-hybridized carbons (Fsp3) is 0.231. The Balaban J connectivity index is 1.69. The largest absolute Gasteiger partial charge is 0.481 e. The molecule has 1 amide bonds. The highest BCUT2D eigenvalue weighted by molar-refractivity contribution is 5.94. The number of carbonyl (C=O) groups is 2. The fourth-order valence-corrected chi connectivity index (χ4v) is 3.47. The molecule has 0 bridgehead atoms. The van der Waals surface area contributed by atoms with Gasteiger partial charge in [0.05, 0.1) is 17.2 Å². The van der Waals surface area contributed by atoms with Gasteiger partial charge in [-0.15, -0.1) is 0 Å². The Kier molecular flexibility index (Phi) is 7.78. The number of carboxylic acid groups (broad SMARTS) is 1. The van der Waals surface area contributed by atoms with Crippen molar-refractivity contribution in [3.05, 3.63) is 94.3 Å². The molecule has 0 aliphatic heterocycles. The van der Waals surface area contributed by atoms with Crippen LogP contribution in [0.5, 0.6) is 11.5 Å². The molecule has 1 unspecified atom stereocenters.